The molecule has 1 fully saturated rings. The Kier molecular flexibility index (Phi) is 3.90. The highest BCUT2D eigenvalue weighted by Crippen LogP contribution is 2.24. The van der Waals surface area contributed by atoms with Gasteiger partial charge in [0.15, 0.2) is 0 Å². The molecular weight excluding hydrogens is 314 g/mol. The molecule has 124 valence electrons. The molecule has 5 nitrogen and oxygen atoms in total. The molecule has 1 aromatic heterocycles. The number of amides is 2. The van der Waals surface area contributed by atoms with Gasteiger partial charge in [-0.3, -0.25) is 14.6 Å². The summed E-state index contributed by atoms with van der Waals surface area (Å²) >= 11 is 0. The van der Waals surface area contributed by atoms with Crippen LogP contribution >= 0.6 is 0 Å². The zero-order chi connectivity index (χ0) is 17.2. The van der Waals surface area contributed by atoms with Gasteiger partial charge >= 0.3 is 0 Å². The molecule has 0 spiro atoms. The molecule has 0 bridgehead atoms. The van der Waals surface area contributed by atoms with Crippen molar-refractivity contribution >= 4 is 34.1 Å². The van der Waals surface area contributed by atoms with Crippen LogP contribution in [0.3, 0.4) is 0 Å². The SMILES string of the molecule is O=C(Nc1cccc2ncccc12)c1ccc(N2CCCC2=O)cc1. The predicted octanol–water partition coefficient (Wildman–Crippen LogP) is 3.61. The highest BCUT2D eigenvalue weighted by atomic mass is 16.2. The van der Waals surface area contributed by atoms with Crippen molar-refractivity contribution < 1.29 is 9.59 Å². The van der Waals surface area contributed by atoms with E-state index in [1.165, 1.54) is 0 Å². The number of carbonyl (C=O) groups excluding carboxylic acids is 2. The first-order chi connectivity index (χ1) is 12.2. The van der Waals surface area contributed by atoms with E-state index in [9.17, 15) is 9.59 Å². The van der Waals surface area contributed by atoms with Crippen LogP contribution < -0.4 is 10.2 Å². The third-order valence-electron chi connectivity index (χ3n) is 4.41. The number of carbonyl (C=O) groups is 2. The minimum Gasteiger partial charge on any atom is -0.321 e. The molecular formula is C20H17N3O2. The van der Waals surface area contributed by atoms with E-state index >= 15 is 0 Å². The second kappa shape index (κ2) is 6.36. The first-order valence-electron chi connectivity index (χ1n) is 8.28. The van der Waals surface area contributed by atoms with Crippen molar-refractivity contribution in [1.82, 2.24) is 4.98 Å². The van der Waals surface area contributed by atoms with E-state index in [0.29, 0.717) is 12.0 Å². The lowest BCUT2D eigenvalue weighted by Gasteiger charge is -2.16. The fourth-order valence-corrected chi connectivity index (χ4v) is 3.12. The molecule has 3 aromatic rings. The number of nitrogens with zero attached hydrogens (tertiary/aromatic N) is 2. The Labute approximate surface area is 145 Å². The minimum atomic E-state index is -0.185. The molecule has 2 aromatic carbocycles. The summed E-state index contributed by atoms with van der Waals surface area (Å²) in [7, 11) is 0. The highest BCUT2D eigenvalue weighted by molar-refractivity contribution is 6.09. The van der Waals surface area contributed by atoms with Crippen molar-refractivity contribution in [2.75, 3.05) is 16.8 Å². The number of benzene rings is 2. The summed E-state index contributed by atoms with van der Waals surface area (Å²) in [6, 6.07) is 16.6. The average molecular weight is 331 g/mol. The van der Waals surface area contributed by atoms with Crippen molar-refractivity contribution in [3.05, 3.63) is 66.4 Å². The molecule has 1 aliphatic heterocycles. The van der Waals surface area contributed by atoms with Crippen LogP contribution in [-0.2, 0) is 4.79 Å². The van der Waals surface area contributed by atoms with E-state index < -0.39 is 0 Å². The van der Waals surface area contributed by atoms with Crippen molar-refractivity contribution in [2.45, 2.75) is 12.8 Å². The van der Waals surface area contributed by atoms with Gasteiger partial charge in [-0.15, -0.1) is 0 Å². The molecule has 0 aliphatic carbocycles. The zero-order valence-corrected chi connectivity index (χ0v) is 13.6. The van der Waals surface area contributed by atoms with Crippen molar-refractivity contribution in [2.24, 2.45) is 0 Å². The van der Waals surface area contributed by atoms with Gasteiger partial charge < -0.3 is 10.2 Å². The predicted molar refractivity (Wildman–Crippen MR) is 97.7 cm³/mol. The second-order valence-electron chi connectivity index (χ2n) is 6.03. The monoisotopic (exact) mass is 331 g/mol. The lowest BCUT2D eigenvalue weighted by molar-refractivity contribution is -0.117. The Morgan fingerprint density at radius 1 is 1.04 bits per heavy atom. The molecule has 1 aliphatic rings. The van der Waals surface area contributed by atoms with Gasteiger partial charge in [0.1, 0.15) is 0 Å². The summed E-state index contributed by atoms with van der Waals surface area (Å²) < 4.78 is 0. The number of hydrogen-bond donors (Lipinski definition) is 1. The van der Waals surface area contributed by atoms with E-state index in [2.05, 4.69) is 10.3 Å². The van der Waals surface area contributed by atoms with E-state index in [0.717, 1.165) is 35.2 Å². The van der Waals surface area contributed by atoms with Gasteiger partial charge in [0, 0.05) is 35.8 Å². The molecule has 0 atom stereocenters. The average Bonchev–Trinajstić information content (AvgIpc) is 3.08. The van der Waals surface area contributed by atoms with Crippen LogP contribution in [0.25, 0.3) is 10.9 Å². The van der Waals surface area contributed by atoms with Crippen LogP contribution in [0, 0.1) is 0 Å². The quantitative estimate of drug-likeness (QED) is 0.797. The molecule has 1 N–H and O–H groups in total. The van der Waals surface area contributed by atoms with Crippen LogP contribution in [0.5, 0.6) is 0 Å². The van der Waals surface area contributed by atoms with E-state index in [-0.39, 0.29) is 11.8 Å². The summed E-state index contributed by atoms with van der Waals surface area (Å²) in [5.74, 6) is -0.0453. The number of nitrogens with one attached hydrogen (secondary N) is 1. The van der Waals surface area contributed by atoms with Gasteiger partial charge in [0.25, 0.3) is 5.91 Å². The molecule has 2 heterocycles. The molecule has 0 unspecified atom stereocenters. The van der Waals surface area contributed by atoms with E-state index in [1.54, 1.807) is 23.2 Å². The largest absolute Gasteiger partial charge is 0.321 e. The van der Waals surface area contributed by atoms with E-state index in [4.69, 9.17) is 0 Å². The molecule has 5 heteroatoms. The van der Waals surface area contributed by atoms with Gasteiger partial charge in [0.2, 0.25) is 5.91 Å². The summed E-state index contributed by atoms with van der Waals surface area (Å²) in [5.41, 5.74) is 2.96. The molecule has 25 heavy (non-hydrogen) atoms. The fourth-order valence-electron chi connectivity index (χ4n) is 3.12. The van der Waals surface area contributed by atoms with Crippen molar-refractivity contribution in [1.29, 1.82) is 0 Å². The molecule has 1 saturated heterocycles. The second-order valence-corrected chi connectivity index (χ2v) is 6.03. The maximum Gasteiger partial charge on any atom is 0.255 e. The first-order valence-corrected chi connectivity index (χ1v) is 8.28. The Bertz CT molecular complexity index is 945. The lowest BCUT2D eigenvalue weighted by atomic mass is 10.1. The lowest BCUT2D eigenvalue weighted by Crippen LogP contribution is -2.23. The summed E-state index contributed by atoms with van der Waals surface area (Å²) in [6.45, 7) is 0.743. The number of anilines is 2. The normalized spacial score (nSPS) is 14.1. The Hall–Kier alpha value is -3.21. The standard InChI is InChI=1S/C20H17N3O2/c24-19-7-3-13-23(19)15-10-8-14(9-11-15)20(25)22-18-6-1-5-17-16(18)4-2-12-21-17/h1-2,4-6,8-12H,3,7,13H2,(H,22,25). The number of hydrogen-bond acceptors (Lipinski definition) is 3. The van der Waals surface area contributed by atoms with Gasteiger partial charge in [-0.2, -0.15) is 0 Å². The minimum absolute atomic E-state index is 0.139. The summed E-state index contributed by atoms with van der Waals surface area (Å²) in [6.07, 6.45) is 3.21. The maximum absolute atomic E-state index is 12.5. The Morgan fingerprint density at radius 2 is 1.88 bits per heavy atom. The van der Waals surface area contributed by atoms with Gasteiger partial charge in [-0.25, -0.2) is 0 Å². The number of aromatic nitrogens is 1. The highest BCUT2D eigenvalue weighted by Gasteiger charge is 2.21. The maximum atomic E-state index is 12.5. The van der Waals surface area contributed by atoms with Crippen LogP contribution in [0.2, 0.25) is 0 Å². The zero-order valence-electron chi connectivity index (χ0n) is 13.6. The van der Waals surface area contributed by atoms with Gasteiger partial charge in [-0.05, 0) is 55.0 Å². The van der Waals surface area contributed by atoms with Crippen LogP contribution in [0.4, 0.5) is 11.4 Å². The third kappa shape index (κ3) is 2.96. The van der Waals surface area contributed by atoms with Crippen molar-refractivity contribution in [3.8, 4) is 0 Å². The van der Waals surface area contributed by atoms with Gasteiger partial charge in [0.05, 0.1) is 11.2 Å². The van der Waals surface area contributed by atoms with Gasteiger partial charge in [-0.1, -0.05) is 6.07 Å². The molecule has 0 radical (unpaired) electrons. The number of rotatable bonds is 3. The summed E-state index contributed by atoms with van der Waals surface area (Å²) in [4.78, 5) is 30.4. The number of fused-ring (bicyclic) bond motifs is 1. The van der Waals surface area contributed by atoms with Crippen LogP contribution in [-0.4, -0.2) is 23.3 Å². The third-order valence-corrected chi connectivity index (χ3v) is 4.41. The smallest absolute Gasteiger partial charge is 0.255 e. The van der Waals surface area contributed by atoms with E-state index in [1.807, 2.05) is 42.5 Å². The van der Waals surface area contributed by atoms with Crippen LogP contribution in [0.1, 0.15) is 23.2 Å². The fraction of sp³-hybridized carbons (Fsp3) is 0.150. The number of pyridine rings is 1. The Morgan fingerprint density at radius 3 is 2.64 bits per heavy atom. The Balaban J connectivity index is 1.55. The molecule has 4 rings (SSSR count). The van der Waals surface area contributed by atoms with Crippen LogP contribution in [0.15, 0.2) is 60.8 Å². The first kappa shape index (κ1) is 15.3. The topological polar surface area (TPSA) is 62.3 Å². The van der Waals surface area contributed by atoms with Crippen molar-refractivity contribution in [3.63, 3.8) is 0 Å². The molecule has 0 saturated carbocycles. The molecule has 2 amide bonds. The summed E-state index contributed by atoms with van der Waals surface area (Å²) in [5, 5.41) is 3.84.